The van der Waals surface area contributed by atoms with Crippen molar-refractivity contribution in [3.8, 4) is 10.4 Å². The van der Waals surface area contributed by atoms with Gasteiger partial charge in [-0.3, -0.25) is 4.79 Å². The number of aliphatic hydroxyl groups excluding tert-OH is 1. The van der Waals surface area contributed by atoms with E-state index >= 15 is 0 Å². The Morgan fingerprint density at radius 1 is 1.07 bits per heavy atom. The smallest absolute Gasteiger partial charge is 0.169 e. The molecular weight excluding hydrogens is 352 g/mol. The van der Waals surface area contributed by atoms with Gasteiger partial charge < -0.3 is 5.11 Å². The second kappa shape index (κ2) is 6.35. The maximum absolute atomic E-state index is 13.0. The first-order chi connectivity index (χ1) is 13.2. The lowest BCUT2D eigenvalue weighted by atomic mass is 9.81. The molecule has 27 heavy (non-hydrogen) atoms. The lowest BCUT2D eigenvalue weighted by Gasteiger charge is -2.23. The maximum atomic E-state index is 13.0. The average Bonchev–Trinajstić information content (AvgIpc) is 3.32. The van der Waals surface area contributed by atoms with Crippen molar-refractivity contribution in [2.75, 3.05) is 0 Å². The summed E-state index contributed by atoms with van der Waals surface area (Å²) in [6.45, 7) is 2.11. The topological polar surface area (TPSA) is 37.3 Å². The number of aryl methyl sites for hydroxylation is 1. The molecule has 1 N–H and O–H groups in total. The molecule has 0 spiro atoms. The van der Waals surface area contributed by atoms with Gasteiger partial charge in [-0.15, -0.1) is 11.3 Å². The van der Waals surface area contributed by atoms with E-state index in [0.29, 0.717) is 11.3 Å². The van der Waals surface area contributed by atoms with Gasteiger partial charge in [0.1, 0.15) is 5.76 Å². The Balaban J connectivity index is 1.67. The largest absolute Gasteiger partial charge is 0.511 e. The predicted molar refractivity (Wildman–Crippen MR) is 112 cm³/mol. The number of fused-ring (bicyclic) bond motifs is 3. The van der Waals surface area contributed by atoms with Gasteiger partial charge in [-0.25, -0.2) is 0 Å². The highest BCUT2D eigenvalue weighted by Gasteiger charge is 2.41. The Bertz CT molecular complexity index is 1060. The van der Waals surface area contributed by atoms with Crippen LogP contribution in [0.25, 0.3) is 26.1 Å². The first-order valence-electron chi connectivity index (χ1n) is 9.75. The quantitative estimate of drug-likeness (QED) is 0.576. The number of hydrogen-bond acceptors (Lipinski definition) is 3. The maximum Gasteiger partial charge on any atom is 0.169 e. The molecule has 2 aliphatic carbocycles. The molecule has 1 saturated carbocycles. The first kappa shape index (κ1) is 16.8. The Labute approximate surface area is 163 Å². The fourth-order valence-electron chi connectivity index (χ4n) is 4.67. The van der Waals surface area contributed by atoms with Crippen LogP contribution in [-0.4, -0.2) is 10.9 Å². The molecule has 2 atom stereocenters. The molecule has 2 nitrogen and oxygen atoms in total. The summed E-state index contributed by atoms with van der Waals surface area (Å²) in [5, 5.41) is 12.1. The van der Waals surface area contributed by atoms with Crippen molar-refractivity contribution in [1.29, 1.82) is 0 Å². The average molecular weight is 375 g/mol. The van der Waals surface area contributed by atoms with E-state index in [1.165, 1.54) is 15.0 Å². The van der Waals surface area contributed by atoms with Gasteiger partial charge in [0.05, 0.1) is 5.57 Å². The molecule has 0 amide bonds. The number of thiophene rings is 1. The van der Waals surface area contributed by atoms with Gasteiger partial charge >= 0.3 is 0 Å². The normalized spacial score (nSPS) is 22.0. The van der Waals surface area contributed by atoms with Crippen LogP contribution < -0.4 is 0 Å². The molecule has 0 aliphatic heterocycles. The summed E-state index contributed by atoms with van der Waals surface area (Å²) in [6, 6.07) is 17.0. The van der Waals surface area contributed by atoms with E-state index in [9.17, 15) is 9.90 Å². The number of Topliss-reactive ketones (excluding diaryl/α,β-unsaturated/α-hetero) is 1. The number of ketones is 1. The Kier molecular flexibility index (Phi) is 3.94. The van der Waals surface area contributed by atoms with Crippen molar-refractivity contribution in [2.45, 2.75) is 32.6 Å². The zero-order valence-corrected chi connectivity index (χ0v) is 16.2. The molecule has 2 bridgehead atoms. The van der Waals surface area contributed by atoms with E-state index in [-0.39, 0.29) is 17.6 Å². The third-order valence-corrected chi connectivity index (χ3v) is 7.33. The van der Waals surface area contributed by atoms with Crippen LogP contribution in [0.2, 0.25) is 0 Å². The predicted octanol–water partition coefficient (Wildman–Crippen LogP) is 6.40. The first-order valence-corrected chi connectivity index (χ1v) is 10.6. The van der Waals surface area contributed by atoms with Gasteiger partial charge in [-0.2, -0.15) is 0 Å². The Morgan fingerprint density at radius 2 is 1.89 bits per heavy atom. The minimum absolute atomic E-state index is 0.0959. The van der Waals surface area contributed by atoms with E-state index in [1.54, 1.807) is 11.3 Å². The van der Waals surface area contributed by atoms with Crippen LogP contribution in [0.1, 0.15) is 37.3 Å². The van der Waals surface area contributed by atoms with Gasteiger partial charge in [0, 0.05) is 21.4 Å². The van der Waals surface area contributed by atoms with Crippen molar-refractivity contribution in [3.63, 3.8) is 0 Å². The van der Waals surface area contributed by atoms with E-state index in [2.05, 4.69) is 55.5 Å². The molecule has 136 valence electrons. The van der Waals surface area contributed by atoms with E-state index in [0.717, 1.165) is 42.4 Å². The van der Waals surface area contributed by atoms with Crippen LogP contribution in [0.5, 0.6) is 0 Å². The van der Waals surface area contributed by atoms with Gasteiger partial charge in [0.2, 0.25) is 0 Å². The van der Waals surface area contributed by atoms with Crippen LogP contribution in [-0.2, 0) is 11.2 Å². The Hall–Kier alpha value is -2.39. The highest BCUT2D eigenvalue weighted by molar-refractivity contribution is 7.22. The number of carbonyl (C=O) groups excluding carboxylic acids is 1. The molecule has 5 rings (SSSR count). The lowest BCUT2D eigenvalue weighted by Crippen LogP contribution is -2.22. The number of benzene rings is 2. The van der Waals surface area contributed by atoms with Crippen molar-refractivity contribution < 1.29 is 9.90 Å². The summed E-state index contributed by atoms with van der Waals surface area (Å²) in [7, 11) is 0. The van der Waals surface area contributed by atoms with Crippen LogP contribution >= 0.6 is 11.3 Å². The van der Waals surface area contributed by atoms with Crippen molar-refractivity contribution in [3.05, 3.63) is 65.4 Å². The second-order valence-corrected chi connectivity index (χ2v) is 8.79. The van der Waals surface area contributed by atoms with Gasteiger partial charge in [0.15, 0.2) is 5.78 Å². The summed E-state index contributed by atoms with van der Waals surface area (Å²) in [5.74, 6) is 0.736. The highest BCUT2D eigenvalue weighted by Crippen LogP contribution is 2.46. The number of carbonyl (C=O) groups is 1. The van der Waals surface area contributed by atoms with E-state index in [1.807, 2.05) is 0 Å². The second-order valence-electron chi connectivity index (χ2n) is 7.71. The zero-order valence-electron chi connectivity index (χ0n) is 15.4. The van der Waals surface area contributed by atoms with Gasteiger partial charge in [0.25, 0.3) is 0 Å². The SMILES string of the molecule is CCc1ccc(-c2cc3ccccc3s2)cc1C1=C(O)C2CCC(C2)C1=O. The summed E-state index contributed by atoms with van der Waals surface area (Å²) in [5.41, 5.74) is 3.78. The summed E-state index contributed by atoms with van der Waals surface area (Å²) < 4.78 is 1.27. The summed E-state index contributed by atoms with van der Waals surface area (Å²) in [4.78, 5) is 14.2. The molecule has 1 fully saturated rings. The molecule has 2 aromatic carbocycles. The number of hydrogen-bond donors (Lipinski definition) is 1. The van der Waals surface area contributed by atoms with Crippen molar-refractivity contribution in [2.24, 2.45) is 11.8 Å². The molecule has 1 aromatic heterocycles. The summed E-state index contributed by atoms with van der Waals surface area (Å²) >= 11 is 1.77. The van der Waals surface area contributed by atoms with Crippen LogP contribution in [0, 0.1) is 11.8 Å². The molecule has 0 radical (unpaired) electrons. The zero-order chi connectivity index (χ0) is 18.5. The number of allylic oxidation sites excluding steroid dienone is 2. The highest BCUT2D eigenvalue weighted by atomic mass is 32.1. The summed E-state index contributed by atoms with van der Waals surface area (Å²) in [6.07, 6.45) is 3.52. The fourth-order valence-corrected chi connectivity index (χ4v) is 5.73. The molecule has 2 aliphatic rings. The van der Waals surface area contributed by atoms with Crippen LogP contribution in [0.4, 0.5) is 0 Å². The number of rotatable bonds is 3. The van der Waals surface area contributed by atoms with Gasteiger partial charge in [-0.1, -0.05) is 37.3 Å². The van der Waals surface area contributed by atoms with Crippen LogP contribution in [0.3, 0.4) is 0 Å². The molecule has 1 heterocycles. The van der Waals surface area contributed by atoms with Crippen LogP contribution in [0.15, 0.2) is 54.3 Å². The molecule has 3 heteroatoms. The standard InChI is InChI=1S/C24H22O2S/c1-2-14-7-8-16(21-13-15-5-3-4-6-20(15)27-21)12-19(14)22-23(25)17-9-10-18(11-17)24(22)26/h3-8,12-13,17-18,25H,2,9-11H2,1H3. The number of aliphatic hydroxyl groups is 1. The lowest BCUT2D eigenvalue weighted by molar-refractivity contribution is -0.117. The van der Waals surface area contributed by atoms with E-state index < -0.39 is 0 Å². The van der Waals surface area contributed by atoms with Crippen molar-refractivity contribution >= 4 is 32.8 Å². The minimum Gasteiger partial charge on any atom is -0.511 e. The Morgan fingerprint density at radius 3 is 2.70 bits per heavy atom. The van der Waals surface area contributed by atoms with Crippen molar-refractivity contribution in [1.82, 2.24) is 0 Å². The molecular formula is C24H22O2S. The van der Waals surface area contributed by atoms with Gasteiger partial charge in [-0.05, 0) is 66.0 Å². The van der Waals surface area contributed by atoms with E-state index in [4.69, 9.17) is 0 Å². The fraction of sp³-hybridized carbons (Fsp3) is 0.292. The minimum atomic E-state index is 0.0959. The monoisotopic (exact) mass is 374 g/mol. The molecule has 3 aromatic rings. The third kappa shape index (κ3) is 2.64. The molecule has 0 saturated heterocycles. The third-order valence-electron chi connectivity index (χ3n) is 6.16. The molecule has 2 unspecified atom stereocenters.